The summed E-state index contributed by atoms with van der Waals surface area (Å²) >= 11 is 0. The molecular formula is C7H19BO5. The van der Waals surface area contributed by atoms with Gasteiger partial charge < -0.3 is 24.9 Å². The van der Waals surface area contributed by atoms with Gasteiger partial charge in [0.15, 0.2) is 0 Å². The smallest absolute Gasteiger partial charge is 0.402 e. The summed E-state index contributed by atoms with van der Waals surface area (Å²) in [5.74, 6) is 0. The van der Waals surface area contributed by atoms with Crippen molar-refractivity contribution >= 4 is 7.32 Å². The normalized spacial score (nSPS) is 11.8. The van der Waals surface area contributed by atoms with Gasteiger partial charge in [-0.25, -0.2) is 0 Å². The summed E-state index contributed by atoms with van der Waals surface area (Å²) in [5.41, 5.74) is -2.10. The fourth-order valence-electron chi connectivity index (χ4n) is 0.408. The molecular weight excluding hydrogens is 175 g/mol. The topological polar surface area (TPSA) is 90.2 Å². The quantitative estimate of drug-likeness (QED) is 0.438. The second-order valence-electron chi connectivity index (χ2n) is 3.51. The van der Waals surface area contributed by atoms with E-state index in [1.54, 1.807) is 13.8 Å². The molecule has 0 unspecified atom stereocenters. The molecule has 0 saturated carbocycles. The summed E-state index contributed by atoms with van der Waals surface area (Å²) in [7, 11) is -0.851. The number of aliphatic hydroxyl groups is 2. The van der Waals surface area contributed by atoms with E-state index in [9.17, 15) is 5.11 Å². The molecule has 80 valence electrons. The molecule has 0 aromatic heterocycles. The Bertz CT molecular complexity index is 129. The van der Waals surface area contributed by atoms with Crippen LogP contribution in [0.2, 0.25) is 0 Å². The second-order valence-corrected chi connectivity index (χ2v) is 3.51. The Hall–Kier alpha value is -0.135. The van der Waals surface area contributed by atoms with E-state index < -0.39 is 18.5 Å². The first-order valence-electron chi connectivity index (χ1n) is 3.88. The molecule has 0 aromatic carbocycles. The van der Waals surface area contributed by atoms with Gasteiger partial charge in [-0.05, 0) is 27.7 Å². The van der Waals surface area contributed by atoms with E-state index in [2.05, 4.69) is 4.65 Å². The summed E-state index contributed by atoms with van der Waals surface area (Å²) < 4.78 is 4.66. The SMILES string of the molecule is CC(C)(O)C(C)(C)OB(O)O.CO. The molecule has 0 bridgehead atoms. The molecule has 6 heteroatoms. The maximum atomic E-state index is 9.45. The zero-order chi connectivity index (χ0) is 11.3. The van der Waals surface area contributed by atoms with Gasteiger partial charge in [0.25, 0.3) is 0 Å². The second kappa shape index (κ2) is 5.56. The molecule has 0 aromatic rings. The molecule has 0 heterocycles. The molecule has 5 nitrogen and oxygen atoms in total. The van der Waals surface area contributed by atoms with E-state index in [4.69, 9.17) is 15.2 Å². The molecule has 0 fully saturated rings. The maximum absolute atomic E-state index is 9.45. The summed E-state index contributed by atoms with van der Waals surface area (Å²) in [6.07, 6.45) is 0. The summed E-state index contributed by atoms with van der Waals surface area (Å²) in [4.78, 5) is 0. The third-order valence-electron chi connectivity index (χ3n) is 1.87. The van der Waals surface area contributed by atoms with Crippen molar-refractivity contribution in [3.63, 3.8) is 0 Å². The van der Waals surface area contributed by atoms with E-state index in [1.165, 1.54) is 13.8 Å². The van der Waals surface area contributed by atoms with Crippen LogP contribution in [-0.4, -0.2) is 45.9 Å². The zero-order valence-electron chi connectivity index (χ0n) is 8.77. The lowest BCUT2D eigenvalue weighted by atomic mass is 9.88. The first-order valence-corrected chi connectivity index (χ1v) is 3.88. The van der Waals surface area contributed by atoms with Crippen LogP contribution in [0.15, 0.2) is 0 Å². The molecule has 13 heavy (non-hydrogen) atoms. The summed E-state index contributed by atoms with van der Waals surface area (Å²) in [5, 5.41) is 33.4. The van der Waals surface area contributed by atoms with Crippen molar-refractivity contribution in [1.82, 2.24) is 0 Å². The Morgan fingerprint density at radius 1 is 1.00 bits per heavy atom. The van der Waals surface area contributed by atoms with E-state index >= 15 is 0 Å². The van der Waals surface area contributed by atoms with Crippen LogP contribution in [0.1, 0.15) is 27.7 Å². The highest BCUT2D eigenvalue weighted by Gasteiger charge is 2.38. The zero-order valence-corrected chi connectivity index (χ0v) is 8.77. The molecule has 0 rings (SSSR count). The first-order chi connectivity index (χ1) is 5.67. The van der Waals surface area contributed by atoms with Gasteiger partial charge >= 0.3 is 7.32 Å². The van der Waals surface area contributed by atoms with Crippen LogP contribution in [0, 0.1) is 0 Å². The van der Waals surface area contributed by atoms with Gasteiger partial charge in [-0.2, -0.15) is 0 Å². The molecule has 0 amide bonds. The van der Waals surface area contributed by atoms with Gasteiger partial charge in [-0.1, -0.05) is 0 Å². The fourth-order valence-corrected chi connectivity index (χ4v) is 0.408. The minimum absolute atomic E-state index is 0.985. The number of hydrogen-bond donors (Lipinski definition) is 4. The predicted molar refractivity (Wildman–Crippen MR) is 49.8 cm³/mol. The molecule has 4 N–H and O–H groups in total. The molecule has 0 spiro atoms. The van der Waals surface area contributed by atoms with Crippen molar-refractivity contribution in [2.45, 2.75) is 38.9 Å². The van der Waals surface area contributed by atoms with E-state index in [0.717, 1.165) is 7.11 Å². The lowest BCUT2D eigenvalue weighted by Gasteiger charge is -2.37. The average Bonchev–Trinajstić information content (AvgIpc) is 1.86. The Balaban J connectivity index is 0. The van der Waals surface area contributed by atoms with Crippen LogP contribution in [0.25, 0.3) is 0 Å². The van der Waals surface area contributed by atoms with Gasteiger partial charge in [0.2, 0.25) is 0 Å². The largest absolute Gasteiger partial charge is 0.634 e. The predicted octanol–water partition coefficient (Wildman–Crippen LogP) is -0.870. The highest BCUT2D eigenvalue weighted by molar-refractivity contribution is 6.32. The van der Waals surface area contributed by atoms with Crippen molar-refractivity contribution in [3.8, 4) is 0 Å². The standard InChI is InChI=1S/C6H15BO4.CH4O/c1-5(2,8)6(3,4)11-7(9)10;1-2/h8-10H,1-4H3;2H,1H3. The fraction of sp³-hybridized carbons (Fsp3) is 1.00. The van der Waals surface area contributed by atoms with Gasteiger partial charge in [-0.15, -0.1) is 0 Å². The minimum atomic E-state index is -1.85. The summed E-state index contributed by atoms with van der Waals surface area (Å²) in [6.45, 7) is 6.23. The van der Waals surface area contributed by atoms with Gasteiger partial charge in [-0.3, -0.25) is 0 Å². The van der Waals surface area contributed by atoms with E-state index in [0.29, 0.717) is 0 Å². The van der Waals surface area contributed by atoms with E-state index in [1.807, 2.05) is 0 Å². The van der Waals surface area contributed by atoms with E-state index in [-0.39, 0.29) is 0 Å². The van der Waals surface area contributed by atoms with Crippen molar-refractivity contribution in [1.29, 1.82) is 0 Å². The van der Waals surface area contributed by atoms with Crippen molar-refractivity contribution < 1.29 is 24.9 Å². The molecule has 0 aliphatic heterocycles. The van der Waals surface area contributed by atoms with Crippen LogP contribution in [0.3, 0.4) is 0 Å². The van der Waals surface area contributed by atoms with Crippen LogP contribution < -0.4 is 0 Å². The lowest BCUT2D eigenvalue weighted by molar-refractivity contribution is -0.109. The third-order valence-corrected chi connectivity index (χ3v) is 1.87. The number of rotatable bonds is 3. The van der Waals surface area contributed by atoms with Gasteiger partial charge in [0, 0.05) is 7.11 Å². The molecule has 0 aliphatic rings. The average molecular weight is 194 g/mol. The van der Waals surface area contributed by atoms with Crippen LogP contribution >= 0.6 is 0 Å². The van der Waals surface area contributed by atoms with Crippen molar-refractivity contribution in [3.05, 3.63) is 0 Å². The Morgan fingerprint density at radius 3 is 1.38 bits per heavy atom. The first kappa shape index (κ1) is 15.3. The lowest BCUT2D eigenvalue weighted by Crippen LogP contribution is -2.50. The summed E-state index contributed by atoms with van der Waals surface area (Å²) in [6, 6.07) is 0. The third kappa shape index (κ3) is 6.01. The molecule has 0 saturated heterocycles. The van der Waals surface area contributed by atoms with Gasteiger partial charge in [0.1, 0.15) is 0 Å². The maximum Gasteiger partial charge on any atom is 0.634 e. The van der Waals surface area contributed by atoms with Crippen molar-refractivity contribution in [2.24, 2.45) is 0 Å². The van der Waals surface area contributed by atoms with Crippen LogP contribution in [-0.2, 0) is 4.65 Å². The molecule has 0 radical (unpaired) electrons. The number of aliphatic hydroxyl groups excluding tert-OH is 1. The highest BCUT2D eigenvalue weighted by atomic mass is 16.6. The van der Waals surface area contributed by atoms with Crippen molar-refractivity contribution in [2.75, 3.05) is 7.11 Å². The molecule has 0 aliphatic carbocycles. The van der Waals surface area contributed by atoms with Crippen LogP contribution in [0.5, 0.6) is 0 Å². The highest BCUT2D eigenvalue weighted by Crippen LogP contribution is 2.24. The Morgan fingerprint density at radius 2 is 1.31 bits per heavy atom. The molecule has 0 atom stereocenters. The Kier molecular flexibility index (Phi) is 6.57. The Labute approximate surface area is 79.2 Å². The van der Waals surface area contributed by atoms with Gasteiger partial charge in [0.05, 0.1) is 11.2 Å². The van der Waals surface area contributed by atoms with Crippen LogP contribution in [0.4, 0.5) is 0 Å². The monoisotopic (exact) mass is 194 g/mol. The number of hydrogen-bond acceptors (Lipinski definition) is 5. The minimum Gasteiger partial charge on any atom is -0.402 e.